The number of methoxy groups -OCH3 is 1. The fourth-order valence-electron chi connectivity index (χ4n) is 2.32. The molecular weight excluding hydrogens is 300 g/mol. The lowest BCUT2D eigenvalue weighted by Crippen LogP contribution is -2.39. The minimum atomic E-state index is -1.03. The van der Waals surface area contributed by atoms with Crippen molar-refractivity contribution < 1.29 is 19.4 Å². The van der Waals surface area contributed by atoms with Crippen molar-refractivity contribution in [1.82, 2.24) is 20.2 Å². The lowest BCUT2D eigenvalue weighted by Gasteiger charge is -2.19. The first-order valence-electron chi connectivity index (χ1n) is 6.28. The van der Waals surface area contributed by atoms with E-state index in [4.69, 9.17) is 21.4 Å². The molecule has 1 aliphatic rings. The molecule has 9 heteroatoms. The maximum atomic E-state index is 12.0. The van der Waals surface area contributed by atoms with Crippen LogP contribution < -0.4 is 5.32 Å². The number of amides is 2. The van der Waals surface area contributed by atoms with E-state index in [0.717, 1.165) is 0 Å². The van der Waals surface area contributed by atoms with Gasteiger partial charge in [0.1, 0.15) is 17.2 Å². The van der Waals surface area contributed by atoms with E-state index in [1.807, 2.05) is 0 Å². The molecule has 0 bridgehead atoms. The predicted octanol–water partition coefficient (Wildman–Crippen LogP) is 0.627. The number of halogens is 1. The van der Waals surface area contributed by atoms with Gasteiger partial charge in [-0.3, -0.25) is 4.79 Å². The highest BCUT2D eigenvalue weighted by Crippen LogP contribution is 2.18. The molecule has 0 spiro atoms. The van der Waals surface area contributed by atoms with Crippen molar-refractivity contribution in [3.8, 4) is 0 Å². The SMILES string of the molecule is COC[C@@H]1C[C@@H](NC(=O)c2cc(Cl)ncn2)CN1C(=O)O. The summed E-state index contributed by atoms with van der Waals surface area (Å²) < 4.78 is 5.00. The minimum Gasteiger partial charge on any atom is -0.465 e. The zero-order valence-corrected chi connectivity index (χ0v) is 12.1. The molecule has 0 unspecified atom stereocenters. The molecular formula is C12H15ClN4O4. The zero-order valence-electron chi connectivity index (χ0n) is 11.3. The molecule has 2 rings (SSSR count). The Hall–Kier alpha value is -1.93. The van der Waals surface area contributed by atoms with Crippen LogP contribution in [0.15, 0.2) is 12.4 Å². The van der Waals surface area contributed by atoms with Crippen molar-refractivity contribution in [1.29, 1.82) is 0 Å². The number of aromatic nitrogens is 2. The van der Waals surface area contributed by atoms with E-state index in [1.165, 1.54) is 24.4 Å². The Morgan fingerprint density at radius 3 is 2.95 bits per heavy atom. The molecule has 0 radical (unpaired) electrons. The van der Waals surface area contributed by atoms with Crippen molar-refractivity contribution >= 4 is 23.6 Å². The van der Waals surface area contributed by atoms with Gasteiger partial charge in [-0.1, -0.05) is 11.6 Å². The van der Waals surface area contributed by atoms with Gasteiger partial charge in [0.25, 0.3) is 5.91 Å². The standard InChI is InChI=1S/C12H15ClN4O4/c1-21-5-8-2-7(4-17(8)12(19)20)16-11(18)9-3-10(13)15-6-14-9/h3,6-8H,2,4-5H2,1H3,(H,16,18)(H,19,20)/t7-,8+/m1/s1. The van der Waals surface area contributed by atoms with Crippen molar-refractivity contribution in [2.75, 3.05) is 20.3 Å². The first-order chi connectivity index (χ1) is 10.0. The second kappa shape index (κ2) is 6.68. The van der Waals surface area contributed by atoms with Gasteiger partial charge >= 0.3 is 6.09 Å². The second-order valence-corrected chi connectivity index (χ2v) is 5.06. The number of carbonyl (C=O) groups excluding carboxylic acids is 1. The van der Waals surface area contributed by atoms with Gasteiger partial charge in [0, 0.05) is 25.8 Å². The Kier molecular flexibility index (Phi) is 4.92. The molecule has 21 heavy (non-hydrogen) atoms. The third-order valence-electron chi connectivity index (χ3n) is 3.22. The summed E-state index contributed by atoms with van der Waals surface area (Å²) in [5.41, 5.74) is 0.145. The fraction of sp³-hybridized carbons (Fsp3) is 0.500. The number of likely N-dealkylation sites (tertiary alicyclic amines) is 1. The summed E-state index contributed by atoms with van der Waals surface area (Å²) in [6.07, 6.45) is 0.660. The highest BCUT2D eigenvalue weighted by Gasteiger charge is 2.36. The van der Waals surface area contributed by atoms with Crippen LogP contribution in [-0.4, -0.2) is 64.3 Å². The fourth-order valence-corrected chi connectivity index (χ4v) is 2.47. The third kappa shape index (κ3) is 3.79. The monoisotopic (exact) mass is 314 g/mol. The molecule has 2 heterocycles. The van der Waals surface area contributed by atoms with Gasteiger partial charge in [0.15, 0.2) is 0 Å². The Balaban J connectivity index is 2.00. The third-order valence-corrected chi connectivity index (χ3v) is 3.43. The summed E-state index contributed by atoms with van der Waals surface area (Å²) in [5, 5.41) is 12.1. The summed E-state index contributed by atoms with van der Waals surface area (Å²) in [4.78, 5) is 32.0. The van der Waals surface area contributed by atoms with Crippen LogP contribution >= 0.6 is 11.6 Å². The zero-order chi connectivity index (χ0) is 15.4. The van der Waals surface area contributed by atoms with E-state index in [-0.39, 0.29) is 36.1 Å². The highest BCUT2D eigenvalue weighted by molar-refractivity contribution is 6.29. The number of ether oxygens (including phenoxy) is 1. The van der Waals surface area contributed by atoms with Gasteiger partial charge in [0.2, 0.25) is 0 Å². The number of carbonyl (C=O) groups is 2. The van der Waals surface area contributed by atoms with Gasteiger partial charge in [-0.2, -0.15) is 0 Å². The van der Waals surface area contributed by atoms with Crippen LogP contribution in [0, 0.1) is 0 Å². The number of hydrogen-bond donors (Lipinski definition) is 2. The number of hydrogen-bond acceptors (Lipinski definition) is 5. The maximum Gasteiger partial charge on any atom is 0.407 e. The molecule has 114 valence electrons. The van der Waals surface area contributed by atoms with E-state index in [2.05, 4.69) is 15.3 Å². The van der Waals surface area contributed by atoms with Crippen LogP contribution in [0.3, 0.4) is 0 Å². The van der Waals surface area contributed by atoms with Crippen LogP contribution in [0.5, 0.6) is 0 Å². The molecule has 1 aromatic rings. The summed E-state index contributed by atoms with van der Waals surface area (Å²) in [6.45, 7) is 0.506. The number of rotatable bonds is 4. The van der Waals surface area contributed by atoms with E-state index >= 15 is 0 Å². The van der Waals surface area contributed by atoms with Crippen molar-refractivity contribution in [3.05, 3.63) is 23.2 Å². The Bertz CT molecular complexity index is 542. The average Bonchev–Trinajstić information content (AvgIpc) is 2.82. The number of nitrogens with one attached hydrogen (secondary N) is 1. The first-order valence-corrected chi connectivity index (χ1v) is 6.66. The van der Waals surface area contributed by atoms with E-state index in [9.17, 15) is 9.59 Å². The van der Waals surface area contributed by atoms with Crippen molar-refractivity contribution in [2.24, 2.45) is 0 Å². The molecule has 1 saturated heterocycles. The quantitative estimate of drug-likeness (QED) is 0.790. The predicted molar refractivity (Wildman–Crippen MR) is 73.3 cm³/mol. The van der Waals surface area contributed by atoms with E-state index < -0.39 is 12.0 Å². The summed E-state index contributed by atoms with van der Waals surface area (Å²) in [7, 11) is 1.51. The smallest absolute Gasteiger partial charge is 0.407 e. The van der Waals surface area contributed by atoms with Gasteiger partial charge in [-0.15, -0.1) is 0 Å². The van der Waals surface area contributed by atoms with E-state index in [0.29, 0.717) is 6.42 Å². The normalized spacial score (nSPS) is 21.3. The lowest BCUT2D eigenvalue weighted by molar-refractivity contribution is 0.0928. The molecule has 2 N–H and O–H groups in total. The van der Waals surface area contributed by atoms with Crippen LogP contribution in [0.1, 0.15) is 16.9 Å². The molecule has 0 saturated carbocycles. The van der Waals surface area contributed by atoms with Crippen LogP contribution in [0.2, 0.25) is 5.15 Å². The van der Waals surface area contributed by atoms with Gasteiger partial charge in [-0.05, 0) is 6.42 Å². The van der Waals surface area contributed by atoms with Crippen molar-refractivity contribution in [3.63, 3.8) is 0 Å². The average molecular weight is 315 g/mol. The summed E-state index contributed by atoms with van der Waals surface area (Å²) in [6, 6.07) is 0.794. The summed E-state index contributed by atoms with van der Waals surface area (Å²) in [5.74, 6) is -0.410. The van der Waals surface area contributed by atoms with Crippen LogP contribution in [-0.2, 0) is 4.74 Å². The summed E-state index contributed by atoms with van der Waals surface area (Å²) >= 11 is 5.70. The highest BCUT2D eigenvalue weighted by atomic mass is 35.5. The van der Waals surface area contributed by atoms with Crippen LogP contribution in [0.4, 0.5) is 4.79 Å². The Morgan fingerprint density at radius 2 is 2.33 bits per heavy atom. The largest absolute Gasteiger partial charge is 0.465 e. The van der Waals surface area contributed by atoms with Crippen LogP contribution in [0.25, 0.3) is 0 Å². The Labute approximate surface area is 126 Å². The van der Waals surface area contributed by atoms with Gasteiger partial charge < -0.3 is 20.1 Å². The molecule has 0 aliphatic carbocycles. The number of nitrogens with zero attached hydrogens (tertiary/aromatic N) is 3. The molecule has 1 aromatic heterocycles. The molecule has 0 aromatic carbocycles. The van der Waals surface area contributed by atoms with Gasteiger partial charge in [-0.25, -0.2) is 14.8 Å². The topological polar surface area (TPSA) is 105 Å². The number of carboxylic acid groups (broad SMARTS) is 1. The van der Waals surface area contributed by atoms with Crippen molar-refractivity contribution in [2.45, 2.75) is 18.5 Å². The van der Waals surface area contributed by atoms with Gasteiger partial charge in [0.05, 0.1) is 12.6 Å². The minimum absolute atomic E-state index is 0.145. The lowest BCUT2D eigenvalue weighted by atomic mass is 10.2. The van der Waals surface area contributed by atoms with E-state index in [1.54, 1.807) is 0 Å². The maximum absolute atomic E-state index is 12.0. The molecule has 1 aliphatic heterocycles. The molecule has 2 amide bonds. The molecule has 8 nitrogen and oxygen atoms in total. The Morgan fingerprint density at radius 1 is 1.57 bits per heavy atom. The first kappa shape index (κ1) is 15.5. The molecule has 1 fully saturated rings. The second-order valence-electron chi connectivity index (χ2n) is 4.68. The molecule has 2 atom stereocenters.